The summed E-state index contributed by atoms with van der Waals surface area (Å²) in [5.41, 5.74) is 0.457. The summed E-state index contributed by atoms with van der Waals surface area (Å²) in [5, 5.41) is 0. The molecule has 0 amide bonds. The first-order valence-corrected chi connectivity index (χ1v) is 7.26. The van der Waals surface area contributed by atoms with E-state index < -0.39 is 0 Å². The van der Waals surface area contributed by atoms with Crippen molar-refractivity contribution in [2.75, 3.05) is 0 Å². The van der Waals surface area contributed by atoms with E-state index in [0.29, 0.717) is 5.41 Å². The van der Waals surface area contributed by atoms with Crippen LogP contribution in [-0.2, 0) is 0 Å². The van der Waals surface area contributed by atoms with Crippen molar-refractivity contribution < 1.29 is 0 Å². The Hall–Kier alpha value is -0.260. The van der Waals surface area contributed by atoms with Gasteiger partial charge in [-0.1, -0.05) is 32.8 Å². The van der Waals surface area contributed by atoms with Crippen LogP contribution in [-0.4, -0.2) is 0 Å². The average molecular weight is 220 g/mol. The Morgan fingerprint density at radius 3 is 1.94 bits per heavy atom. The summed E-state index contributed by atoms with van der Waals surface area (Å²) < 4.78 is 0. The van der Waals surface area contributed by atoms with Crippen LogP contribution in [0.5, 0.6) is 0 Å². The summed E-state index contributed by atoms with van der Waals surface area (Å²) in [6.45, 7) is 8.81. The third kappa shape index (κ3) is 2.70. The van der Waals surface area contributed by atoms with Crippen molar-refractivity contribution in [3.63, 3.8) is 0 Å². The largest absolute Gasteiger partial charge is 0.103 e. The second kappa shape index (κ2) is 4.94. The van der Waals surface area contributed by atoms with Crippen molar-refractivity contribution in [3.8, 4) is 0 Å². The van der Waals surface area contributed by atoms with Gasteiger partial charge >= 0.3 is 0 Å². The zero-order valence-corrected chi connectivity index (χ0v) is 11.2. The molecule has 2 fully saturated rings. The van der Waals surface area contributed by atoms with Gasteiger partial charge in [0.25, 0.3) is 0 Å². The molecule has 0 aromatic rings. The molecule has 0 heteroatoms. The maximum atomic E-state index is 4.00. The highest BCUT2D eigenvalue weighted by Gasteiger charge is 2.33. The predicted molar refractivity (Wildman–Crippen MR) is 71.4 cm³/mol. The van der Waals surface area contributed by atoms with Crippen LogP contribution < -0.4 is 0 Å². The Kier molecular flexibility index (Phi) is 3.77. The van der Waals surface area contributed by atoms with E-state index in [-0.39, 0.29) is 0 Å². The van der Waals surface area contributed by atoms with Gasteiger partial charge in [-0.3, -0.25) is 0 Å². The molecule has 0 nitrogen and oxygen atoms in total. The summed E-state index contributed by atoms with van der Waals surface area (Å²) in [6, 6.07) is 0. The highest BCUT2D eigenvalue weighted by molar-refractivity contribution is 4.95. The molecule has 0 N–H and O–H groups in total. The summed E-state index contributed by atoms with van der Waals surface area (Å²) in [4.78, 5) is 0. The van der Waals surface area contributed by atoms with Gasteiger partial charge in [-0.15, -0.1) is 6.58 Å². The zero-order valence-electron chi connectivity index (χ0n) is 11.2. The molecule has 0 aromatic carbocycles. The Bertz CT molecular complexity index is 224. The first-order chi connectivity index (χ1) is 7.63. The van der Waals surface area contributed by atoms with E-state index in [0.717, 1.165) is 17.8 Å². The molecule has 16 heavy (non-hydrogen) atoms. The zero-order chi connectivity index (χ0) is 11.6. The summed E-state index contributed by atoms with van der Waals surface area (Å²) in [5.74, 6) is 3.10. The van der Waals surface area contributed by atoms with Gasteiger partial charge in [0.05, 0.1) is 0 Å². The highest BCUT2D eigenvalue weighted by atomic mass is 14.4. The lowest BCUT2D eigenvalue weighted by atomic mass is 9.65. The Balaban J connectivity index is 1.82. The van der Waals surface area contributed by atoms with Crippen LogP contribution >= 0.6 is 0 Å². The number of hydrogen-bond donors (Lipinski definition) is 0. The Morgan fingerprint density at radius 2 is 1.44 bits per heavy atom. The van der Waals surface area contributed by atoms with Crippen LogP contribution in [0.1, 0.15) is 65.2 Å². The molecule has 0 aliphatic heterocycles. The molecule has 2 aliphatic rings. The SMILES string of the molecule is C=CC1(C)CCC(C2CCC(C)CC2)CC1. The molecule has 0 saturated heterocycles. The lowest BCUT2D eigenvalue weighted by Crippen LogP contribution is -2.28. The van der Waals surface area contributed by atoms with Crippen molar-refractivity contribution in [1.29, 1.82) is 0 Å². The van der Waals surface area contributed by atoms with Gasteiger partial charge in [0.1, 0.15) is 0 Å². The van der Waals surface area contributed by atoms with Gasteiger partial charge in [-0.25, -0.2) is 0 Å². The normalized spacial score (nSPS) is 45.2. The minimum Gasteiger partial charge on any atom is -0.103 e. The van der Waals surface area contributed by atoms with E-state index in [9.17, 15) is 0 Å². The van der Waals surface area contributed by atoms with Gasteiger partial charge in [-0.2, -0.15) is 0 Å². The molecule has 0 unspecified atom stereocenters. The maximum Gasteiger partial charge on any atom is -0.0149 e. The molecule has 2 aliphatic carbocycles. The number of rotatable bonds is 2. The fourth-order valence-corrected chi connectivity index (χ4v) is 3.73. The molecule has 0 spiro atoms. The molecule has 0 radical (unpaired) electrons. The van der Waals surface area contributed by atoms with Crippen LogP contribution in [0.25, 0.3) is 0 Å². The van der Waals surface area contributed by atoms with Gasteiger partial charge in [0.2, 0.25) is 0 Å². The third-order valence-electron chi connectivity index (χ3n) is 5.39. The van der Waals surface area contributed by atoms with Crippen LogP contribution in [0, 0.1) is 23.2 Å². The minimum atomic E-state index is 0.457. The molecular formula is C16H28. The van der Waals surface area contributed by atoms with Gasteiger partial charge in [0.15, 0.2) is 0 Å². The fourth-order valence-electron chi connectivity index (χ4n) is 3.73. The molecule has 0 aromatic heterocycles. The monoisotopic (exact) mass is 220 g/mol. The molecule has 0 heterocycles. The lowest BCUT2D eigenvalue weighted by Gasteiger charge is -2.40. The van der Waals surface area contributed by atoms with E-state index in [1.54, 1.807) is 0 Å². The maximum absolute atomic E-state index is 4.00. The summed E-state index contributed by atoms with van der Waals surface area (Å²) >= 11 is 0. The standard InChI is InChI=1S/C16H28/c1-4-16(3)11-9-15(10-12-16)14-7-5-13(2)6-8-14/h4,13-15H,1,5-12H2,2-3H3. The fraction of sp³-hybridized carbons (Fsp3) is 0.875. The number of allylic oxidation sites excluding steroid dienone is 1. The Morgan fingerprint density at radius 1 is 0.938 bits per heavy atom. The molecule has 92 valence electrons. The van der Waals surface area contributed by atoms with Crippen molar-refractivity contribution in [1.82, 2.24) is 0 Å². The third-order valence-corrected chi connectivity index (χ3v) is 5.39. The second-order valence-electron chi connectivity index (χ2n) is 6.72. The van der Waals surface area contributed by atoms with E-state index in [4.69, 9.17) is 0 Å². The van der Waals surface area contributed by atoms with E-state index >= 15 is 0 Å². The first kappa shape index (κ1) is 12.2. The van der Waals surface area contributed by atoms with Crippen molar-refractivity contribution in [3.05, 3.63) is 12.7 Å². The van der Waals surface area contributed by atoms with Crippen molar-refractivity contribution in [2.45, 2.75) is 65.2 Å². The summed E-state index contributed by atoms with van der Waals surface area (Å²) in [7, 11) is 0. The lowest BCUT2D eigenvalue weighted by molar-refractivity contribution is 0.130. The Labute approximate surface area is 102 Å². The second-order valence-corrected chi connectivity index (χ2v) is 6.72. The predicted octanol–water partition coefficient (Wildman–Crippen LogP) is 5.20. The quantitative estimate of drug-likeness (QED) is 0.561. The first-order valence-electron chi connectivity index (χ1n) is 7.26. The molecule has 0 atom stereocenters. The van der Waals surface area contributed by atoms with Crippen LogP contribution in [0.15, 0.2) is 12.7 Å². The van der Waals surface area contributed by atoms with E-state index in [1.165, 1.54) is 51.4 Å². The topological polar surface area (TPSA) is 0 Å². The molecular weight excluding hydrogens is 192 g/mol. The average Bonchev–Trinajstić information content (AvgIpc) is 2.32. The smallest absolute Gasteiger partial charge is 0.0149 e. The highest BCUT2D eigenvalue weighted by Crippen LogP contribution is 2.45. The van der Waals surface area contributed by atoms with E-state index in [2.05, 4.69) is 26.5 Å². The van der Waals surface area contributed by atoms with Gasteiger partial charge in [0, 0.05) is 0 Å². The van der Waals surface area contributed by atoms with Crippen molar-refractivity contribution in [2.24, 2.45) is 23.2 Å². The van der Waals surface area contributed by atoms with E-state index in [1.807, 2.05) is 0 Å². The minimum absolute atomic E-state index is 0.457. The van der Waals surface area contributed by atoms with Crippen LogP contribution in [0.2, 0.25) is 0 Å². The van der Waals surface area contributed by atoms with Crippen LogP contribution in [0.4, 0.5) is 0 Å². The molecule has 2 saturated carbocycles. The molecule has 0 bridgehead atoms. The summed E-state index contributed by atoms with van der Waals surface area (Å²) in [6.07, 6.45) is 13.9. The van der Waals surface area contributed by atoms with Gasteiger partial charge in [-0.05, 0) is 61.7 Å². The molecule has 2 rings (SSSR count). The van der Waals surface area contributed by atoms with Crippen LogP contribution in [0.3, 0.4) is 0 Å². The van der Waals surface area contributed by atoms with Crippen molar-refractivity contribution >= 4 is 0 Å². The number of hydrogen-bond acceptors (Lipinski definition) is 0. The van der Waals surface area contributed by atoms with Gasteiger partial charge < -0.3 is 0 Å².